The molecule has 0 amide bonds. The Morgan fingerprint density at radius 3 is 1.58 bits per heavy atom. The van der Waals surface area contributed by atoms with Crippen molar-refractivity contribution >= 4 is 17.8 Å². The molecule has 0 saturated carbocycles. The van der Waals surface area contributed by atoms with E-state index < -0.39 is 0 Å². The number of rotatable bonds is 3. The van der Waals surface area contributed by atoms with Crippen LogP contribution in [0.1, 0.15) is 27.8 Å². The third-order valence-corrected chi connectivity index (χ3v) is 3.81. The van der Waals surface area contributed by atoms with Crippen molar-refractivity contribution in [2.75, 3.05) is 21.1 Å². The maximum absolute atomic E-state index is 5.48. The van der Waals surface area contributed by atoms with Crippen molar-refractivity contribution in [3.63, 3.8) is 0 Å². The van der Waals surface area contributed by atoms with Crippen LogP contribution >= 0.6 is 0 Å². The van der Waals surface area contributed by atoms with Crippen LogP contribution in [0.2, 0.25) is 0 Å². The van der Waals surface area contributed by atoms with Gasteiger partial charge in [0, 0.05) is 0 Å². The maximum atomic E-state index is 5.48. The summed E-state index contributed by atoms with van der Waals surface area (Å²) in [5, 5.41) is 0. The maximum Gasteiger partial charge on any atom is 3.00 e. The predicted octanol–water partition coefficient (Wildman–Crippen LogP) is 5.39. The Morgan fingerprint density at radius 1 is 0.750 bits per heavy atom. The zero-order chi connectivity index (χ0) is 17.6. The molecule has 2 aromatic carbocycles. The Labute approximate surface area is 173 Å². The minimum atomic E-state index is 0. The van der Waals surface area contributed by atoms with E-state index in [1.165, 1.54) is 22.4 Å². The molecule has 2 rings (SSSR count). The van der Waals surface area contributed by atoms with Crippen molar-refractivity contribution in [2.45, 2.75) is 20.8 Å². The topological polar surface area (TPSA) is 0 Å². The molecular formula is C22H28NY+2. The fourth-order valence-corrected chi connectivity index (χ4v) is 2.28. The van der Waals surface area contributed by atoms with Gasteiger partial charge in [0.15, 0.2) is 0 Å². The minimum absolute atomic E-state index is 0. The average molecular weight is 395 g/mol. The monoisotopic (exact) mass is 395 g/mol. The molecule has 2 aromatic rings. The van der Waals surface area contributed by atoms with E-state index in [-0.39, 0.29) is 32.7 Å². The van der Waals surface area contributed by atoms with Crippen LogP contribution < -0.4 is 4.48 Å². The van der Waals surface area contributed by atoms with E-state index in [9.17, 15) is 0 Å². The zero-order valence-corrected chi connectivity index (χ0v) is 18.6. The molecule has 0 unspecified atom stereocenters. The van der Waals surface area contributed by atoms with Crippen molar-refractivity contribution in [3.8, 4) is 0 Å². The first-order valence-corrected chi connectivity index (χ1v) is 7.79. The molecule has 0 heterocycles. The van der Waals surface area contributed by atoms with E-state index in [2.05, 4.69) is 72.2 Å². The summed E-state index contributed by atoms with van der Waals surface area (Å²) in [6, 6.07) is 12.6. The van der Waals surface area contributed by atoms with Crippen molar-refractivity contribution < 1.29 is 32.7 Å². The Morgan fingerprint density at radius 2 is 1.21 bits per heavy atom. The second-order valence-corrected chi connectivity index (χ2v) is 6.75. The molecule has 24 heavy (non-hydrogen) atoms. The van der Waals surface area contributed by atoms with Gasteiger partial charge in [-0.25, -0.2) is 12.2 Å². The van der Waals surface area contributed by atoms with Crippen LogP contribution in [0.15, 0.2) is 36.4 Å². The molecule has 0 atom stereocenters. The first-order valence-electron chi connectivity index (χ1n) is 7.79. The van der Waals surface area contributed by atoms with E-state index in [4.69, 9.17) is 13.2 Å². The Bertz CT molecular complexity index is 694. The summed E-state index contributed by atoms with van der Waals surface area (Å²) in [5.41, 5.74) is 7.27. The fraction of sp³-hybridized carbons (Fsp3) is 0.273. The average Bonchev–Trinajstić information content (AvgIpc) is 2.47. The van der Waals surface area contributed by atoms with E-state index in [1.807, 2.05) is 6.07 Å². The molecule has 0 aliphatic heterocycles. The summed E-state index contributed by atoms with van der Waals surface area (Å²) in [7, 11) is 6.46. The van der Waals surface area contributed by atoms with Crippen LogP contribution in [0.4, 0.5) is 5.69 Å². The van der Waals surface area contributed by atoms with E-state index in [0.717, 1.165) is 15.6 Å². The molecule has 0 spiro atoms. The summed E-state index contributed by atoms with van der Waals surface area (Å²) in [5.74, 6) is 0. The van der Waals surface area contributed by atoms with Gasteiger partial charge in [0.1, 0.15) is 5.69 Å². The molecule has 2 heteroatoms. The molecule has 0 bridgehead atoms. The smallest absolute Gasteiger partial charge is 0.298 e. The van der Waals surface area contributed by atoms with Crippen LogP contribution in [-0.4, -0.2) is 21.1 Å². The molecule has 0 aliphatic rings. The van der Waals surface area contributed by atoms with Gasteiger partial charge in [0.25, 0.3) is 0 Å². The molecule has 0 aliphatic carbocycles. The molecule has 0 saturated heterocycles. The van der Waals surface area contributed by atoms with Gasteiger partial charge in [-0.3, -0.25) is 17.6 Å². The van der Waals surface area contributed by atoms with Gasteiger partial charge >= 0.3 is 32.7 Å². The van der Waals surface area contributed by atoms with Gasteiger partial charge in [0.05, 0.1) is 21.1 Å². The first-order chi connectivity index (χ1) is 10.7. The SMILES string of the molecule is [CH-]=Cc1ccc(C)cc1C.[CH-]=Cc1ccc([N+](C)(C)C)cc1C.[Y+3]. The van der Waals surface area contributed by atoms with E-state index in [1.54, 1.807) is 12.2 Å². The number of benzene rings is 2. The zero-order valence-electron chi connectivity index (χ0n) is 15.8. The summed E-state index contributed by atoms with van der Waals surface area (Å²) in [6.07, 6.45) is 3.28. The van der Waals surface area contributed by atoms with Crippen LogP contribution in [0.3, 0.4) is 0 Å². The molecule has 122 valence electrons. The van der Waals surface area contributed by atoms with Crippen LogP contribution in [0.5, 0.6) is 0 Å². The predicted molar refractivity (Wildman–Crippen MR) is 104 cm³/mol. The van der Waals surface area contributed by atoms with Crippen molar-refractivity contribution in [3.05, 3.63) is 77.4 Å². The number of hydrogen-bond donors (Lipinski definition) is 0. The van der Waals surface area contributed by atoms with Crippen molar-refractivity contribution in [1.82, 2.24) is 4.48 Å². The summed E-state index contributed by atoms with van der Waals surface area (Å²) >= 11 is 0. The van der Waals surface area contributed by atoms with Gasteiger partial charge in [-0.2, -0.15) is 11.1 Å². The minimum Gasteiger partial charge on any atom is -0.298 e. The van der Waals surface area contributed by atoms with Crippen LogP contribution in [0.25, 0.3) is 12.2 Å². The van der Waals surface area contributed by atoms with Crippen molar-refractivity contribution in [1.29, 1.82) is 0 Å². The van der Waals surface area contributed by atoms with Crippen LogP contribution in [0, 0.1) is 33.9 Å². The molecule has 1 nitrogen and oxygen atoms in total. The number of aryl methyl sites for hydroxylation is 3. The number of nitrogens with zero attached hydrogens (tertiary/aromatic N) is 1. The summed E-state index contributed by atoms with van der Waals surface area (Å²) in [4.78, 5) is 0. The molecule has 0 N–H and O–H groups in total. The molecular weight excluding hydrogens is 367 g/mol. The first kappa shape index (κ1) is 23.0. The third kappa shape index (κ3) is 6.85. The van der Waals surface area contributed by atoms with E-state index in [0.29, 0.717) is 0 Å². The largest absolute Gasteiger partial charge is 3.00 e. The molecule has 0 aromatic heterocycles. The third-order valence-electron chi connectivity index (χ3n) is 3.81. The van der Waals surface area contributed by atoms with Crippen LogP contribution in [-0.2, 0) is 32.7 Å². The molecule has 0 radical (unpaired) electrons. The van der Waals surface area contributed by atoms with Crippen molar-refractivity contribution in [2.24, 2.45) is 0 Å². The Hall–Kier alpha value is -1.02. The number of quaternary nitrogens is 1. The molecule has 0 fully saturated rings. The quantitative estimate of drug-likeness (QED) is 0.483. The van der Waals surface area contributed by atoms with Gasteiger partial charge in [-0.05, 0) is 19.1 Å². The van der Waals surface area contributed by atoms with E-state index >= 15 is 0 Å². The normalized spacial score (nSPS) is 10.1. The Kier molecular flexibility index (Phi) is 9.66. The standard InChI is InChI=1S/C12H17N.C10H11.Y/c1-6-11-7-8-12(9-10(11)2)13(3,4)5;1-4-10-6-5-8(2)7-9(10)3;/h1,6-9H,2-5H3;1,4-7H,2-3H3;/q;-1;+3. The van der Waals surface area contributed by atoms with Gasteiger partial charge < -0.3 is 0 Å². The Balaban J connectivity index is 0.000000436. The number of hydrogen-bond acceptors (Lipinski definition) is 0. The summed E-state index contributed by atoms with van der Waals surface area (Å²) in [6.45, 7) is 17.1. The van der Waals surface area contributed by atoms with Gasteiger partial charge in [0.2, 0.25) is 0 Å². The fourth-order valence-electron chi connectivity index (χ4n) is 2.28. The summed E-state index contributed by atoms with van der Waals surface area (Å²) < 4.78 is 0.839. The second-order valence-electron chi connectivity index (χ2n) is 6.75. The van der Waals surface area contributed by atoms with Gasteiger partial charge in [-0.1, -0.05) is 31.5 Å². The van der Waals surface area contributed by atoms with Gasteiger partial charge in [-0.15, -0.1) is 23.3 Å². The second kappa shape index (κ2) is 10.1.